The maximum atomic E-state index is 12.9. The van der Waals surface area contributed by atoms with Crippen molar-refractivity contribution in [1.29, 1.82) is 0 Å². The van der Waals surface area contributed by atoms with Crippen LogP contribution in [0.5, 0.6) is 0 Å². The van der Waals surface area contributed by atoms with E-state index in [1.165, 1.54) is 12.1 Å². The van der Waals surface area contributed by atoms with Gasteiger partial charge in [0.1, 0.15) is 17.4 Å². The van der Waals surface area contributed by atoms with Gasteiger partial charge in [0.25, 0.3) is 0 Å². The Hall–Kier alpha value is -1.51. The molecule has 0 radical (unpaired) electrons. The molecule has 1 aromatic rings. The van der Waals surface area contributed by atoms with E-state index in [1.807, 2.05) is 0 Å². The molecular formula is C19H25FO2. The summed E-state index contributed by atoms with van der Waals surface area (Å²) in [5.41, 5.74) is 0.868. The number of carbonyl (C=O) groups is 2. The summed E-state index contributed by atoms with van der Waals surface area (Å²) in [5.74, 6) is 0.571. The fourth-order valence-corrected chi connectivity index (χ4v) is 3.24. The fraction of sp³-hybridized carbons (Fsp3) is 0.579. The Morgan fingerprint density at radius 3 is 2.09 bits per heavy atom. The van der Waals surface area contributed by atoms with Gasteiger partial charge >= 0.3 is 0 Å². The maximum absolute atomic E-state index is 12.9. The Morgan fingerprint density at radius 2 is 1.55 bits per heavy atom. The van der Waals surface area contributed by atoms with Gasteiger partial charge in [-0.2, -0.15) is 0 Å². The monoisotopic (exact) mass is 304 g/mol. The number of benzene rings is 1. The SMILES string of the molecule is CCCCC(=O)[C@H]1CC[C@H](C(=O)Cc2ccc(F)cc2)CC1. The van der Waals surface area contributed by atoms with Crippen molar-refractivity contribution in [2.24, 2.45) is 11.8 Å². The molecule has 1 fully saturated rings. The van der Waals surface area contributed by atoms with Gasteiger partial charge in [-0.25, -0.2) is 4.39 Å². The van der Waals surface area contributed by atoms with Crippen LogP contribution in [-0.4, -0.2) is 11.6 Å². The highest BCUT2D eigenvalue weighted by Gasteiger charge is 2.29. The topological polar surface area (TPSA) is 34.1 Å². The third-order valence-electron chi connectivity index (χ3n) is 4.71. The van der Waals surface area contributed by atoms with Crippen molar-refractivity contribution >= 4 is 11.6 Å². The maximum Gasteiger partial charge on any atom is 0.140 e. The minimum atomic E-state index is -0.276. The first kappa shape index (κ1) is 16.9. The Bertz CT molecular complexity index is 499. The van der Waals surface area contributed by atoms with E-state index >= 15 is 0 Å². The Morgan fingerprint density at radius 1 is 1.00 bits per heavy atom. The molecule has 1 aliphatic carbocycles. The molecule has 0 spiro atoms. The van der Waals surface area contributed by atoms with E-state index in [0.717, 1.165) is 44.1 Å². The predicted molar refractivity (Wildman–Crippen MR) is 85.1 cm³/mol. The third kappa shape index (κ3) is 4.75. The third-order valence-corrected chi connectivity index (χ3v) is 4.71. The van der Waals surface area contributed by atoms with Crippen molar-refractivity contribution in [2.75, 3.05) is 0 Å². The highest BCUT2D eigenvalue weighted by Crippen LogP contribution is 2.31. The number of halogens is 1. The molecule has 2 nitrogen and oxygen atoms in total. The Kier molecular flexibility index (Phi) is 6.29. The standard InChI is InChI=1S/C19H25FO2/c1-2-3-4-18(21)15-7-9-16(10-8-15)19(22)13-14-5-11-17(20)12-6-14/h5-6,11-12,15-16H,2-4,7-10,13H2,1H3/t15-,16-. The number of hydrogen-bond acceptors (Lipinski definition) is 2. The summed E-state index contributed by atoms with van der Waals surface area (Å²) in [4.78, 5) is 24.4. The molecule has 0 N–H and O–H groups in total. The van der Waals surface area contributed by atoms with Crippen LogP contribution in [-0.2, 0) is 16.0 Å². The summed E-state index contributed by atoms with van der Waals surface area (Å²) in [7, 11) is 0. The van der Waals surface area contributed by atoms with Crippen LogP contribution in [0, 0.1) is 17.7 Å². The summed E-state index contributed by atoms with van der Waals surface area (Å²) in [5, 5.41) is 0. The zero-order chi connectivity index (χ0) is 15.9. The lowest BCUT2D eigenvalue weighted by molar-refractivity contribution is -0.128. The number of carbonyl (C=O) groups excluding carboxylic acids is 2. The van der Waals surface area contributed by atoms with Crippen molar-refractivity contribution in [2.45, 2.75) is 58.3 Å². The summed E-state index contributed by atoms with van der Waals surface area (Å²) >= 11 is 0. The normalized spacial score (nSPS) is 21.5. The first-order valence-electron chi connectivity index (χ1n) is 8.40. The van der Waals surface area contributed by atoms with E-state index in [4.69, 9.17) is 0 Å². The molecule has 0 saturated heterocycles. The second-order valence-corrected chi connectivity index (χ2v) is 6.39. The van der Waals surface area contributed by atoms with Gasteiger partial charge in [0.15, 0.2) is 0 Å². The van der Waals surface area contributed by atoms with Crippen LogP contribution in [0.4, 0.5) is 4.39 Å². The second-order valence-electron chi connectivity index (χ2n) is 6.39. The summed E-state index contributed by atoms with van der Waals surface area (Å²) in [6.45, 7) is 2.10. The van der Waals surface area contributed by atoms with E-state index in [-0.39, 0.29) is 23.4 Å². The van der Waals surface area contributed by atoms with Crippen LogP contribution in [0.15, 0.2) is 24.3 Å². The number of hydrogen-bond donors (Lipinski definition) is 0. The lowest BCUT2D eigenvalue weighted by Gasteiger charge is -2.26. The minimum absolute atomic E-state index is 0.0697. The van der Waals surface area contributed by atoms with Gasteiger partial charge in [0.05, 0.1) is 0 Å². The quantitative estimate of drug-likeness (QED) is 0.743. The molecule has 0 aliphatic heterocycles. The van der Waals surface area contributed by atoms with E-state index in [2.05, 4.69) is 6.92 Å². The van der Waals surface area contributed by atoms with Crippen LogP contribution in [0.2, 0.25) is 0 Å². The molecule has 1 aliphatic rings. The minimum Gasteiger partial charge on any atom is -0.299 e. The molecule has 0 unspecified atom stereocenters. The van der Waals surface area contributed by atoms with Gasteiger partial charge in [-0.1, -0.05) is 25.5 Å². The van der Waals surface area contributed by atoms with Crippen LogP contribution in [0.3, 0.4) is 0 Å². The zero-order valence-corrected chi connectivity index (χ0v) is 13.3. The zero-order valence-electron chi connectivity index (χ0n) is 13.3. The molecule has 3 heteroatoms. The van der Waals surface area contributed by atoms with Crippen LogP contribution in [0.25, 0.3) is 0 Å². The summed E-state index contributed by atoms with van der Waals surface area (Å²) in [6, 6.07) is 6.14. The van der Waals surface area contributed by atoms with Crippen molar-refractivity contribution in [3.05, 3.63) is 35.6 Å². The molecule has 0 heterocycles. The largest absolute Gasteiger partial charge is 0.299 e. The molecule has 0 atom stereocenters. The fourth-order valence-electron chi connectivity index (χ4n) is 3.24. The van der Waals surface area contributed by atoms with E-state index in [0.29, 0.717) is 18.6 Å². The second kappa shape index (κ2) is 8.21. The van der Waals surface area contributed by atoms with Crippen LogP contribution < -0.4 is 0 Å². The first-order valence-corrected chi connectivity index (χ1v) is 8.40. The molecular weight excluding hydrogens is 279 g/mol. The molecule has 0 amide bonds. The van der Waals surface area contributed by atoms with Crippen LogP contribution in [0.1, 0.15) is 57.4 Å². The lowest BCUT2D eigenvalue weighted by Crippen LogP contribution is -2.26. The molecule has 1 aromatic carbocycles. The Balaban J connectivity index is 1.79. The van der Waals surface area contributed by atoms with Gasteiger partial charge in [-0.05, 0) is 49.8 Å². The molecule has 0 aromatic heterocycles. The highest BCUT2D eigenvalue weighted by atomic mass is 19.1. The molecule has 2 rings (SSSR count). The smallest absolute Gasteiger partial charge is 0.140 e. The average Bonchev–Trinajstić information content (AvgIpc) is 2.55. The van der Waals surface area contributed by atoms with Gasteiger partial charge in [-0.15, -0.1) is 0 Å². The molecule has 120 valence electrons. The molecule has 22 heavy (non-hydrogen) atoms. The molecule has 1 saturated carbocycles. The van der Waals surface area contributed by atoms with E-state index < -0.39 is 0 Å². The van der Waals surface area contributed by atoms with E-state index in [1.54, 1.807) is 12.1 Å². The van der Waals surface area contributed by atoms with Crippen LogP contribution >= 0.6 is 0 Å². The van der Waals surface area contributed by atoms with Gasteiger partial charge in [-0.3, -0.25) is 9.59 Å². The number of unbranched alkanes of at least 4 members (excludes halogenated alkanes) is 1. The van der Waals surface area contributed by atoms with Crippen molar-refractivity contribution in [3.63, 3.8) is 0 Å². The molecule has 0 bridgehead atoms. The van der Waals surface area contributed by atoms with Crippen molar-refractivity contribution in [3.8, 4) is 0 Å². The lowest BCUT2D eigenvalue weighted by atomic mass is 9.76. The predicted octanol–water partition coefficient (Wildman–Crippen LogP) is 4.50. The number of Topliss-reactive ketones (excluding diaryl/α,β-unsaturated/α-hetero) is 2. The first-order chi connectivity index (χ1) is 10.6. The van der Waals surface area contributed by atoms with Gasteiger partial charge in [0, 0.05) is 24.7 Å². The number of rotatable bonds is 7. The van der Waals surface area contributed by atoms with Gasteiger partial charge in [0.2, 0.25) is 0 Å². The average molecular weight is 304 g/mol. The van der Waals surface area contributed by atoms with Crippen molar-refractivity contribution < 1.29 is 14.0 Å². The van der Waals surface area contributed by atoms with Gasteiger partial charge < -0.3 is 0 Å². The number of ketones is 2. The van der Waals surface area contributed by atoms with Crippen molar-refractivity contribution in [1.82, 2.24) is 0 Å². The Labute approximate surface area is 132 Å². The highest BCUT2D eigenvalue weighted by molar-refractivity contribution is 5.84. The van der Waals surface area contributed by atoms with E-state index in [9.17, 15) is 14.0 Å². The summed E-state index contributed by atoms with van der Waals surface area (Å²) in [6.07, 6.45) is 6.43. The summed E-state index contributed by atoms with van der Waals surface area (Å²) < 4.78 is 12.9.